The maximum atomic E-state index is 13.5. The average Bonchev–Trinajstić information content (AvgIpc) is 3.47. The smallest absolute Gasteiger partial charge is 0.255 e. The first-order valence-electron chi connectivity index (χ1n) is 10.2. The topological polar surface area (TPSA) is 101 Å². The molecule has 0 saturated carbocycles. The number of benzene rings is 2. The molecular weight excluding hydrogens is 477 g/mol. The number of aromatic amines is 1. The van der Waals surface area contributed by atoms with Gasteiger partial charge in [-0.15, -0.1) is 11.3 Å². The fourth-order valence-corrected chi connectivity index (χ4v) is 4.21. The number of anilines is 2. The molecule has 2 aromatic carbocycles. The van der Waals surface area contributed by atoms with Gasteiger partial charge in [0.1, 0.15) is 11.6 Å². The number of halogens is 1. The van der Waals surface area contributed by atoms with Crippen LogP contribution in [0, 0.1) is 10.6 Å². The summed E-state index contributed by atoms with van der Waals surface area (Å²) >= 11 is 6.83. The van der Waals surface area contributed by atoms with Crippen LogP contribution in [-0.4, -0.2) is 33.7 Å². The molecule has 0 bridgehead atoms. The number of nitrogens with one attached hydrogen (secondary N) is 3. The molecule has 0 aliphatic heterocycles. The van der Waals surface area contributed by atoms with Gasteiger partial charge in [-0.05, 0) is 60.1 Å². The molecule has 0 saturated heterocycles. The van der Waals surface area contributed by atoms with E-state index in [1.165, 1.54) is 36.6 Å². The summed E-state index contributed by atoms with van der Waals surface area (Å²) < 4.78 is 21.0. The number of carbonyl (C=O) groups is 2. The SMILES string of the molecule is COc1ccc(NC(=O)CCn2c(-c3cccs3)n[nH]c2=S)cc1NC(=O)c1cccc(F)c1. The lowest BCUT2D eigenvalue weighted by Crippen LogP contribution is -2.16. The number of hydrogen-bond acceptors (Lipinski definition) is 6. The summed E-state index contributed by atoms with van der Waals surface area (Å²) in [5.74, 6) is -0.183. The molecule has 0 spiro atoms. The summed E-state index contributed by atoms with van der Waals surface area (Å²) in [5.41, 5.74) is 0.969. The molecule has 4 rings (SSSR count). The molecular formula is C23H20FN5O3S2. The Morgan fingerprint density at radius 1 is 1.18 bits per heavy atom. The van der Waals surface area contributed by atoms with E-state index < -0.39 is 11.7 Å². The number of nitrogens with zero attached hydrogens (tertiary/aromatic N) is 2. The molecule has 0 aliphatic carbocycles. The number of aromatic nitrogens is 3. The van der Waals surface area contributed by atoms with Crippen LogP contribution >= 0.6 is 23.6 Å². The van der Waals surface area contributed by atoms with Crippen molar-refractivity contribution in [2.45, 2.75) is 13.0 Å². The van der Waals surface area contributed by atoms with Crippen LogP contribution in [0.15, 0.2) is 60.0 Å². The highest BCUT2D eigenvalue weighted by molar-refractivity contribution is 7.71. The number of ether oxygens (including phenoxy) is 1. The Balaban J connectivity index is 1.44. The first-order valence-corrected chi connectivity index (χ1v) is 11.5. The third-order valence-electron chi connectivity index (χ3n) is 4.88. The Morgan fingerprint density at radius 3 is 2.76 bits per heavy atom. The lowest BCUT2D eigenvalue weighted by atomic mass is 10.2. The standard InChI is InChI=1S/C23H20FN5O3S2/c1-32-18-8-7-16(13-17(18)26-22(31)14-4-2-5-15(24)12-14)25-20(30)9-10-29-21(27-28-23(29)33)19-6-3-11-34-19/h2-8,11-13H,9-10H2,1H3,(H,25,30)(H,26,31)(H,28,33). The van der Waals surface area contributed by atoms with Crippen LogP contribution in [-0.2, 0) is 11.3 Å². The average molecular weight is 498 g/mol. The van der Waals surface area contributed by atoms with Crippen molar-refractivity contribution < 1.29 is 18.7 Å². The number of H-pyrrole nitrogens is 1. The molecule has 8 nitrogen and oxygen atoms in total. The number of methoxy groups -OCH3 is 1. The first-order chi connectivity index (χ1) is 16.4. The van der Waals surface area contributed by atoms with Crippen molar-refractivity contribution in [2.24, 2.45) is 0 Å². The van der Waals surface area contributed by atoms with Crippen LogP contribution in [0.1, 0.15) is 16.8 Å². The van der Waals surface area contributed by atoms with E-state index in [-0.39, 0.29) is 17.9 Å². The third-order valence-corrected chi connectivity index (χ3v) is 6.06. The molecule has 174 valence electrons. The van der Waals surface area contributed by atoms with Crippen molar-refractivity contribution >= 4 is 46.7 Å². The van der Waals surface area contributed by atoms with Crippen LogP contribution in [0.5, 0.6) is 5.75 Å². The van der Waals surface area contributed by atoms with Crippen LogP contribution in [0.2, 0.25) is 0 Å². The molecule has 3 N–H and O–H groups in total. The van der Waals surface area contributed by atoms with Crippen molar-refractivity contribution in [3.05, 3.63) is 76.1 Å². The quantitative estimate of drug-likeness (QED) is 0.294. The van der Waals surface area contributed by atoms with Gasteiger partial charge in [0, 0.05) is 24.2 Å². The fraction of sp³-hybridized carbons (Fsp3) is 0.130. The van der Waals surface area contributed by atoms with Gasteiger partial charge in [-0.25, -0.2) is 4.39 Å². The van der Waals surface area contributed by atoms with E-state index in [9.17, 15) is 14.0 Å². The fourth-order valence-electron chi connectivity index (χ4n) is 3.26. The zero-order chi connectivity index (χ0) is 24.1. The number of hydrogen-bond donors (Lipinski definition) is 3. The lowest BCUT2D eigenvalue weighted by Gasteiger charge is -2.13. The van der Waals surface area contributed by atoms with Crippen LogP contribution in [0.3, 0.4) is 0 Å². The summed E-state index contributed by atoms with van der Waals surface area (Å²) in [7, 11) is 1.46. The Hall–Kier alpha value is -3.83. The Morgan fingerprint density at radius 2 is 2.03 bits per heavy atom. The number of carbonyl (C=O) groups excluding carboxylic acids is 2. The van der Waals surface area contributed by atoms with E-state index in [0.717, 1.165) is 10.9 Å². The monoisotopic (exact) mass is 497 g/mol. The van der Waals surface area contributed by atoms with Crippen LogP contribution in [0.25, 0.3) is 10.7 Å². The van der Waals surface area contributed by atoms with Gasteiger partial charge in [-0.3, -0.25) is 19.3 Å². The van der Waals surface area contributed by atoms with Crippen molar-refractivity contribution in [2.75, 3.05) is 17.7 Å². The molecule has 2 aromatic heterocycles. The highest BCUT2D eigenvalue weighted by atomic mass is 32.1. The van der Waals surface area contributed by atoms with Gasteiger partial charge in [-0.1, -0.05) is 12.1 Å². The first kappa shape index (κ1) is 23.3. The van der Waals surface area contributed by atoms with Crippen LogP contribution < -0.4 is 15.4 Å². The van der Waals surface area contributed by atoms with Gasteiger partial charge in [0.25, 0.3) is 5.91 Å². The summed E-state index contributed by atoms with van der Waals surface area (Å²) in [6.07, 6.45) is 0.156. The van der Waals surface area contributed by atoms with Crippen molar-refractivity contribution in [1.82, 2.24) is 14.8 Å². The predicted molar refractivity (Wildman–Crippen MR) is 131 cm³/mol. The Labute approximate surface area is 203 Å². The third kappa shape index (κ3) is 5.38. The molecule has 34 heavy (non-hydrogen) atoms. The van der Waals surface area contributed by atoms with Gasteiger partial charge in [0.15, 0.2) is 10.6 Å². The Kier molecular flexibility index (Phi) is 7.14. The summed E-state index contributed by atoms with van der Waals surface area (Å²) in [4.78, 5) is 26.1. The van der Waals surface area contributed by atoms with Crippen LogP contribution in [0.4, 0.5) is 15.8 Å². The number of thiophene rings is 1. The van der Waals surface area contributed by atoms with Gasteiger partial charge in [0.05, 0.1) is 17.7 Å². The maximum Gasteiger partial charge on any atom is 0.255 e. The van der Waals surface area contributed by atoms with E-state index in [2.05, 4.69) is 20.8 Å². The predicted octanol–water partition coefficient (Wildman–Crippen LogP) is 5.10. The zero-order valence-electron chi connectivity index (χ0n) is 18.0. The minimum atomic E-state index is -0.513. The van der Waals surface area contributed by atoms with Crippen molar-refractivity contribution in [1.29, 1.82) is 0 Å². The highest BCUT2D eigenvalue weighted by Crippen LogP contribution is 2.29. The van der Waals surface area contributed by atoms with Crippen molar-refractivity contribution in [3.63, 3.8) is 0 Å². The molecule has 2 heterocycles. The molecule has 0 atom stereocenters. The Bertz CT molecular complexity index is 1380. The summed E-state index contributed by atoms with van der Waals surface area (Å²) in [6.45, 7) is 0.341. The second-order valence-electron chi connectivity index (χ2n) is 7.16. The highest BCUT2D eigenvalue weighted by Gasteiger charge is 2.14. The lowest BCUT2D eigenvalue weighted by molar-refractivity contribution is -0.116. The maximum absolute atomic E-state index is 13.5. The van der Waals surface area contributed by atoms with Crippen molar-refractivity contribution in [3.8, 4) is 16.5 Å². The molecule has 0 unspecified atom stereocenters. The molecule has 4 aromatic rings. The van der Waals surface area contributed by atoms with E-state index in [0.29, 0.717) is 34.3 Å². The summed E-state index contributed by atoms with van der Waals surface area (Å²) in [5, 5.41) is 14.5. The van der Waals surface area contributed by atoms with Gasteiger partial charge >= 0.3 is 0 Å². The van der Waals surface area contributed by atoms with E-state index in [1.807, 2.05) is 17.5 Å². The minimum absolute atomic E-state index is 0.156. The normalized spacial score (nSPS) is 10.6. The van der Waals surface area contributed by atoms with Gasteiger partial charge in [-0.2, -0.15) is 5.10 Å². The summed E-state index contributed by atoms with van der Waals surface area (Å²) in [6, 6.07) is 14.1. The van der Waals surface area contributed by atoms with Gasteiger partial charge in [0.2, 0.25) is 5.91 Å². The van der Waals surface area contributed by atoms with E-state index in [4.69, 9.17) is 17.0 Å². The second-order valence-corrected chi connectivity index (χ2v) is 8.49. The number of amides is 2. The van der Waals surface area contributed by atoms with E-state index >= 15 is 0 Å². The molecule has 11 heteroatoms. The molecule has 0 aliphatic rings. The zero-order valence-corrected chi connectivity index (χ0v) is 19.6. The second kappa shape index (κ2) is 10.4. The molecule has 0 radical (unpaired) electrons. The minimum Gasteiger partial charge on any atom is -0.495 e. The number of rotatable bonds is 8. The molecule has 2 amide bonds. The largest absolute Gasteiger partial charge is 0.495 e. The van der Waals surface area contributed by atoms with Gasteiger partial charge < -0.3 is 15.4 Å². The molecule has 0 fully saturated rings. The van der Waals surface area contributed by atoms with E-state index in [1.54, 1.807) is 22.8 Å².